The molecule has 1 heterocycles. The van der Waals surface area contributed by atoms with Crippen molar-refractivity contribution in [1.82, 2.24) is 0 Å². The van der Waals surface area contributed by atoms with E-state index in [0.29, 0.717) is 11.1 Å². The highest BCUT2D eigenvalue weighted by Gasteiger charge is 2.41. The number of benzene rings is 2. The largest absolute Gasteiger partial charge is 0.493 e. The van der Waals surface area contributed by atoms with Crippen LogP contribution in [0, 0.1) is 25.5 Å². The minimum atomic E-state index is -1.33. The van der Waals surface area contributed by atoms with E-state index in [4.69, 9.17) is 14.2 Å². The third-order valence-electron chi connectivity index (χ3n) is 7.36. The lowest BCUT2D eigenvalue weighted by Gasteiger charge is -2.35. The Morgan fingerprint density at radius 3 is 2.46 bits per heavy atom. The van der Waals surface area contributed by atoms with Crippen molar-refractivity contribution >= 4 is 11.7 Å². The molecule has 1 saturated heterocycles. The van der Waals surface area contributed by atoms with Gasteiger partial charge >= 0.3 is 5.97 Å². The summed E-state index contributed by atoms with van der Waals surface area (Å²) < 4.78 is 48.2. The molecule has 4 rings (SSSR count). The molecule has 1 aliphatic carbocycles. The van der Waals surface area contributed by atoms with Crippen LogP contribution >= 0.6 is 0 Å². The second kappa shape index (κ2) is 10.5. The smallest absolute Gasteiger partial charge is 0.329 e. The van der Waals surface area contributed by atoms with Crippen LogP contribution in [0.2, 0.25) is 0 Å². The van der Waals surface area contributed by atoms with Gasteiger partial charge in [0.15, 0.2) is 17.4 Å². The fourth-order valence-corrected chi connectivity index (χ4v) is 5.03. The van der Waals surface area contributed by atoms with Gasteiger partial charge in [-0.05, 0) is 55.5 Å². The van der Waals surface area contributed by atoms with Crippen LogP contribution in [0.5, 0.6) is 5.75 Å². The number of carbonyl (C=O) groups is 1. The minimum Gasteiger partial charge on any atom is -0.493 e. The zero-order valence-electron chi connectivity index (χ0n) is 20.5. The van der Waals surface area contributed by atoms with Crippen LogP contribution in [0.4, 0.5) is 14.5 Å². The maximum Gasteiger partial charge on any atom is 0.329 e. The van der Waals surface area contributed by atoms with Gasteiger partial charge in [0.1, 0.15) is 5.54 Å². The SMILES string of the molecule is COc1c(C)c(C)cc(-c2ccc(NC3(C(=O)O)CCOCC3)c(F)c2COC2CCCC2)c1F. The molecule has 0 bridgehead atoms. The summed E-state index contributed by atoms with van der Waals surface area (Å²) >= 11 is 0. The van der Waals surface area contributed by atoms with Crippen LogP contribution in [-0.4, -0.2) is 43.0 Å². The predicted octanol–water partition coefficient (Wildman–Crippen LogP) is 5.76. The number of carboxylic acid groups (broad SMARTS) is 1. The molecule has 8 heteroatoms. The Balaban J connectivity index is 1.79. The van der Waals surface area contributed by atoms with E-state index in [9.17, 15) is 9.90 Å². The van der Waals surface area contributed by atoms with Crippen molar-refractivity contribution in [3.63, 3.8) is 0 Å². The van der Waals surface area contributed by atoms with Crippen molar-refractivity contribution in [2.45, 2.75) is 70.6 Å². The average Bonchev–Trinajstić information content (AvgIpc) is 3.37. The molecule has 1 saturated carbocycles. The normalized spacial score (nSPS) is 18.0. The predicted molar refractivity (Wildman–Crippen MR) is 129 cm³/mol. The summed E-state index contributed by atoms with van der Waals surface area (Å²) in [7, 11) is 1.41. The molecule has 1 aliphatic heterocycles. The van der Waals surface area contributed by atoms with Gasteiger partial charge in [-0.2, -0.15) is 0 Å². The Bertz CT molecular complexity index is 1090. The first-order valence-corrected chi connectivity index (χ1v) is 12.1. The van der Waals surface area contributed by atoms with E-state index < -0.39 is 23.1 Å². The van der Waals surface area contributed by atoms with Gasteiger partial charge in [-0.25, -0.2) is 13.6 Å². The lowest BCUT2D eigenvalue weighted by molar-refractivity contribution is -0.145. The molecule has 2 N–H and O–H groups in total. The van der Waals surface area contributed by atoms with Crippen LogP contribution in [0.1, 0.15) is 55.2 Å². The van der Waals surface area contributed by atoms with E-state index in [-0.39, 0.29) is 61.3 Å². The minimum absolute atomic E-state index is 0.0267. The van der Waals surface area contributed by atoms with Crippen LogP contribution in [0.15, 0.2) is 18.2 Å². The van der Waals surface area contributed by atoms with Gasteiger partial charge in [-0.1, -0.05) is 18.9 Å². The van der Waals surface area contributed by atoms with E-state index in [1.54, 1.807) is 19.1 Å². The summed E-state index contributed by atoms with van der Waals surface area (Å²) in [5, 5.41) is 12.8. The quantitative estimate of drug-likeness (QED) is 0.491. The van der Waals surface area contributed by atoms with Crippen LogP contribution in [-0.2, 0) is 20.9 Å². The monoisotopic (exact) mass is 489 g/mol. The Morgan fingerprint density at radius 2 is 1.83 bits per heavy atom. The molecular weight excluding hydrogens is 456 g/mol. The van der Waals surface area contributed by atoms with E-state index in [0.717, 1.165) is 31.2 Å². The van der Waals surface area contributed by atoms with Crippen LogP contribution in [0.25, 0.3) is 11.1 Å². The second-order valence-electron chi connectivity index (χ2n) is 9.51. The zero-order chi connectivity index (χ0) is 25.2. The number of hydrogen-bond acceptors (Lipinski definition) is 5. The third-order valence-corrected chi connectivity index (χ3v) is 7.36. The number of aryl methyl sites for hydroxylation is 1. The van der Waals surface area contributed by atoms with Gasteiger partial charge in [-0.3, -0.25) is 0 Å². The first kappa shape index (κ1) is 25.4. The van der Waals surface area contributed by atoms with Gasteiger partial charge in [-0.15, -0.1) is 0 Å². The van der Waals surface area contributed by atoms with Gasteiger partial charge in [0, 0.05) is 37.2 Å². The highest BCUT2D eigenvalue weighted by molar-refractivity contribution is 5.84. The first-order chi connectivity index (χ1) is 16.8. The van der Waals surface area contributed by atoms with Crippen molar-refractivity contribution in [3.05, 3.63) is 46.5 Å². The van der Waals surface area contributed by atoms with Crippen molar-refractivity contribution in [3.8, 4) is 16.9 Å². The first-order valence-electron chi connectivity index (χ1n) is 12.1. The zero-order valence-corrected chi connectivity index (χ0v) is 20.5. The number of hydrogen-bond donors (Lipinski definition) is 2. The molecule has 2 aromatic carbocycles. The third kappa shape index (κ3) is 5.00. The number of rotatable bonds is 8. The molecular formula is C27H33F2NO5. The number of nitrogens with one attached hydrogen (secondary N) is 1. The van der Waals surface area contributed by atoms with Crippen molar-refractivity contribution in [2.75, 3.05) is 25.6 Å². The average molecular weight is 490 g/mol. The molecule has 0 radical (unpaired) electrons. The maximum absolute atomic E-state index is 16.1. The summed E-state index contributed by atoms with van der Waals surface area (Å²) in [6, 6.07) is 4.79. The van der Waals surface area contributed by atoms with E-state index in [1.807, 2.05) is 6.92 Å². The molecule has 190 valence electrons. The van der Waals surface area contributed by atoms with Gasteiger partial charge < -0.3 is 24.6 Å². The maximum atomic E-state index is 16.1. The number of aliphatic carboxylic acids is 1. The lowest BCUT2D eigenvalue weighted by Crippen LogP contribution is -2.50. The summed E-state index contributed by atoms with van der Waals surface area (Å²) in [4.78, 5) is 12.1. The summed E-state index contributed by atoms with van der Waals surface area (Å²) in [5.74, 6) is -2.14. The van der Waals surface area contributed by atoms with Crippen LogP contribution in [0.3, 0.4) is 0 Å². The molecule has 6 nitrogen and oxygen atoms in total. The van der Waals surface area contributed by atoms with Gasteiger partial charge in [0.2, 0.25) is 0 Å². The number of methoxy groups -OCH3 is 1. The lowest BCUT2D eigenvalue weighted by atomic mass is 9.89. The Morgan fingerprint density at radius 1 is 1.14 bits per heavy atom. The highest BCUT2D eigenvalue weighted by Crippen LogP contribution is 2.39. The standard InChI is InChI=1S/C27H33F2NO5/c1-16-14-20(24(29)25(33-3)17(16)2)19-8-9-22(30-27(26(31)32)10-12-34-13-11-27)23(28)21(19)15-35-18-6-4-5-7-18/h8-9,14,18,30H,4-7,10-13,15H2,1-3H3,(H,31,32). The number of carboxylic acids is 1. The number of ether oxygens (including phenoxy) is 3. The summed E-state index contributed by atoms with van der Waals surface area (Å²) in [6.45, 7) is 4.12. The molecule has 0 aromatic heterocycles. The van der Waals surface area contributed by atoms with Crippen molar-refractivity contribution < 1.29 is 32.9 Å². The van der Waals surface area contributed by atoms with Crippen molar-refractivity contribution in [2.24, 2.45) is 0 Å². The second-order valence-corrected chi connectivity index (χ2v) is 9.51. The molecule has 0 atom stereocenters. The molecule has 2 aromatic rings. The molecule has 2 fully saturated rings. The molecule has 0 spiro atoms. The summed E-state index contributed by atoms with van der Waals surface area (Å²) in [5.41, 5.74) is 0.993. The molecule has 2 aliphatic rings. The number of halogens is 2. The molecule has 0 amide bonds. The Hall–Kier alpha value is -2.71. The highest BCUT2D eigenvalue weighted by atomic mass is 19.1. The van der Waals surface area contributed by atoms with E-state index >= 15 is 8.78 Å². The Kier molecular flexibility index (Phi) is 7.62. The van der Waals surface area contributed by atoms with Crippen molar-refractivity contribution in [1.29, 1.82) is 0 Å². The summed E-state index contributed by atoms with van der Waals surface area (Å²) in [6.07, 6.45) is 4.38. The molecule has 0 unspecified atom stereocenters. The van der Waals surface area contributed by atoms with Crippen LogP contribution < -0.4 is 10.1 Å². The fraction of sp³-hybridized carbons (Fsp3) is 0.519. The Labute approximate surface area is 204 Å². The molecule has 35 heavy (non-hydrogen) atoms. The van der Waals surface area contributed by atoms with Gasteiger partial charge in [0.25, 0.3) is 0 Å². The van der Waals surface area contributed by atoms with E-state index in [2.05, 4.69) is 5.32 Å². The topological polar surface area (TPSA) is 77.0 Å². The van der Waals surface area contributed by atoms with Gasteiger partial charge in [0.05, 0.1) is 25.5 Å². The fourth-order valence-electron chi connectivity index (χ4n) is 5.03. The van der Waals surface area contributed by atoms with E-state index in [1.165, 1.54) is 13.2 Å². The number of anilines is 1.